The first-order valence-corrected chi connectivity index (χ1v) is 6.34. The van der Waals surface area contributed by atoms with Gasteiger partial charge in [-0.25, -0.2) is 0 Å². The average molecular weight is 234 g/mol. The van der Waals surface area contributed by atoms with Gasteiger partial charge >= 0.3 is 0 Å². The molecule has 0 spiro atoms. The average Bonchev–Trinajstić information content (AvgIpc) is 2.37. The van der Waals surface area contributed by atoms with E-state index in [9.17, 15) is 5.11 Å². The van der Waals surface area contributed by atoms with Crippen LogP contribution >= 0.6 is 0 Å². The number of aliphatic hydroxyl groups excluding tert-OH is 1. The number of rotatable bonds is 3. The molecule has 2 nitrogen and oxygen atoms in total. The molecule has 1 aliphatic rings. The summed E-state index contributed by atoms with van der Waals surface area (Å²) < 4.78 is 5.41. The topological polar surface area (TPSA) is 29.5 Å². The molecular weight excluding hydrogens is 212 g/mol. The van der Waals surface area contributed by atoms with Gasteiger partial charge in [-0.05, 0) is 47.8 Å². The molecule has 1 aromatic rings. The Morgan fingerprint density at radius 2 is 2.18 bits per heavy atom. The summed E-state index contributed by atoms with van der Waals surface area (Å²) in [5, 5.41) is 9.47. The first-order valence-electron chi connectivity index (χ1n) is 6.34. The highest BCUT2D eigenvalue weighted by Crippen LogP contribution is 2.39. The summed E-state index contributed by atoms with van der Waals surface area (Å²) in [5.41, 5.74) is 2.77. The molecule has 0 aliphatic heterocycles. The number of fused-ring (bicyclic) bond motifs is 1. The second kappa shape index (κ2) is 4.69. The molecular formula is C15H22O2. The third-order valence-electron chi connectivity index (χ3n) is 4.17. The quantitative estimate of drug-likeness (QED) is 0.871. The first kappa shape index (κ1) is 12.4. The van der Waals surface area contributed by atoms with Gasteiger partial charge in [-0.3, -0.25) is 0 Å². The number of hydrogen-bond donors (Lipinski definition) is 1. The van der Waals surface area contributed by atoms with Crippen molar-refractivity contribution in [1.82, 2.24) is 0 Å². The maximum atomic E-state index is 9.47. The molecule has 2 rings (SSSR count). The Balaban J connectivity index is 2.25. The predicted octanol–water partition coefficient (Wildman–Crippen LogP) is 2.82. The Kier molecular flexibility index (Phi) is 3.43. The standard InChI is InChI=1S/C15H22O2/c1-15(2,10-16)12-7-8-13-11(9-12)5-4-6-14(13)17-3/h4-6,12,16H,7-10H2,1-3H3. The van der Waals surface area contributed by atoms with Crippen LogP contribution in [-0.4, -0.2) is 18.8 Å². The van der Waals surface area contributed by atoms with E-state index in [1.165, 1.54) is 11.1 Å². The van der Waals surface area contributed by atoms with Gasteiger partial charge in [0, 0.05) is 6.61 Å². The molecule has 1 atom stereocenters. The van der Waals surface area contributed by atoms with Crippen LogP contribution in [0.5, 0.6) is 5.75 Å². The predicted molar refractivity (Wildman–Crippen MR) is 69.4 cm³/mol. The number of hydrogen-bond acceptors (Lipinski definition) is 2. The SMILES string of the molecule is COc1cccc2c1CCC(C(C)(C)CO)C2. The molecule has 0 bridgehead atoms. The summed E-state index contributed by atoms with van der Waals surface area (Å²) in [6.45, 7) is 4.57. The zero-order valence-electron chi connectivity index (χ0n) is 11.0. The van der Waals surface area contributed by atoms with Gasteiger partial charge < -0.3 is 9.84 Å². The van der Waals surface area contributed by atoms with E-state index in [4.69, 9.17) is 4.74 Å². The van der Waals surface area contributed by atoms with Crippen LogP contribution in [0, 0.1) is 11.3 Å². The molecule has 2 heteroatoms. The van der Waals surface area contributed by atoms with E-state index in [2.05, 4.69) is 26.0 Å². The van der Waals surface area contributed by atoms with Crippen LogP contribution in [0.4, 0.5) is 0 Å². The van der Waals surface area contributed by atoms with Crippen LogP contribution < -0.4 is 4.74 Å². The van der Waals surface area contributed by atoms with Gasteiger partial charge in [0.25, 0.3) is 0 Å². The third kappa shape index (κ3) is 2.32. The summed E-state index contributed by atoms with van der Waals surface area (Å²) in [4.78, 5) is 0. The molecule has 1 unspecified atom stereocenters. The van der Waals surface area contributed by atoms with Crippen molar-refractivity contribution in [3.63, 3.8) is 0 Å². The van der Waals surface area contributed by atoms with Crippen LogP contribution in [0.15, 0.2) is 18.2 Å². The fourth-order valence-electron chi connectivity index (χ4n) is 2.76. The van der Waals surface area contributed by atoms with Crippen molar-refractivity contribution in [3.8, 4) is 5.75 Å². The summed E-state index contributed by atoms with van der Waals surface area (Å²) in [7, 11) is 1.74. The van der Waals surface area contributed by atoms with Gasteiger partial charge in [0.2, 0.25) is 0 Å². The van der Waals surface area contributed by atoms with Crippen molar-refractivity contribution in [2.24, 2.45) is 11.3 Å². The van der Waals surface area contributed by atoms with E-state index in [1.54, 1.807) is 7.11 Å². The molecule has 0 saturated carbocycles. The molecule has 0 heterocycles. The highest BCUT2D eigenvalue weighted by atomic mass is 16.5. The van der Waals surface area contributed by atoms with Crippen LogP contribution in [-0.2, 0) is 12.8 Å². The van der Waals surface area contributed by atoms with E-state index in [0.717, 1.165) is 25.0 Å². The van der Waals surface area contributed by atoms with Gasteiger partial charge in [0.15, 0.2) is 0 Å². The monoisotopic (exact) mass is 234 g/mol. The molecule has 17 heavy (non-hydrogen) atoms. The molecule has 0 saturated heterocycles. The maximum absolute atomic E-state index is 9.47. The minimum atomic E-state index is 0.0146. The smallest absolute Gasteiger partial charge is 0.122 e. The largest absolute Gasteiger partial charge is 0.496 e. The van der Waals surface area contributed by atoms with Crippen molar-refractivity contribution < 1.29 is 9.84 Å². The molecule has 1 aromatic carbocycles. The van der Waals surface area contributed by atoms with E-state index in [1.807, 2.05) is 6.07 Å². The Labute approximate surface area is 104 Å². The van der Waals surface area contributed by atoms with Gasteiger partial charge in [-0.2, -0.15) is 0 Å². The normalized spacial score (nSPS) is 19.9. The molecule has 94 valence electrons. The fourth-order valence-corrected chi connectivity index (χ4v) is 2.76. The van der Waals surface area contributed by atoms with Crippen LogP contribution in [0.3, 0.4) is 0 Å². The Hall–Kier alpha value is -1.02. The lowest BCUT2D eigenvalue weighted by Gasteiger charge is -2.36. The molecule has 0 amide bonds. The Bertz CT molecular complexity index is 396. The number of aliphatic hydroxyl groups is 1. The number of ether oxygens (including phenoxy) is 1. The van der Waals surface area contributed by atoms with Crippen molar-refractivity contribution in [1.29, 1.82) is 0 Å². The van der Waals surface area contributed by atoms with Crippen molar-refractivity contribution >= 4 is 0 Å². The Morgan fingerprint density at radius 1 is 1.41 bits per heavy atom. The summed E-state index contributed by atoms with van der Waals surface area (Å²) in [5.74, 6) is 1.58. The lowest BCUT2D eigenvalue weighted by atomic mass is 9.70. The molecule has 0 aromatic heterocycles. The van der Waals surface area contributed by atoms with Crippen LogP contribution in [0.2, 0.25) is 0 Å². The van der Waals surface area contributed by atoms with Crippen LogP contribution in [0.25, 0.3) is 0 Å². The number of benzene rings is 1. The molecule has 1 N–H and O–H groups in total. The van der Waals surface area contributed by atoms with E-state index in [0.29, 0.717) is 5.92 Å². The van der Waals surface area contributed by atoms with Crippen molar-refractivity contribution in [2.75, 3.05) is 13.7 Å². The first-order chi connectivity index (χ1) is 8.08. The minimum absolute atomic E-state index is 0.0146. The highest BCUT2D eigenvalue weighted by molar-refractivity contribution is 5.42. The molecule has 0 radical (unpaired) electrons. The van der Waals surface area contributed by atoms with Gasteiger partial charge in [-0.1, -0.05) is 26.0 Å². The van der Waals surface area contributed by atoms with Crippen LogP contribution in [0.1, 0.15) is 31.4 Å². The maximum Gasteiger partial charge on any atom is 0.122 e. The lowest BCUT2D eigenvalue weighted by molar-refractivity contribution is 0.0872. The summed E-state index contributed by atoms with van der Waals surface area (Å²) >= 11 is 0. The van der Waals surface area contributed by atoms with Gasteiger partial charge in [0.1, 0.15) is 5.75 Å². The molecule has 0 fully saturated rings. The lowest BCUT2D eigenvalue weighted by Crippen LogP contribution is -2.32. The van der Waals surface area contributed by atoms with Crippen molar-refractivity contribution in [2.45, 2.75) is 33.1 Å². The minimum Gasteiger partial charge on any atom is -0.496 e. The second-order valence-corrected chi connectivity index (χ2v) is 5.68. The zero-order valence-corrected chi connectivity index (χ0v) is 11.0. The van der Waals surface area contributed by atoms with Gasteiger partial charge in [0.05, 0.1) is 7.11 Å². The zero-order chi connectivity index (χ0) is 12.5. The van der Waals surface area contributed by atoms with Gasteiger partial charge in [-0.15, -0.1) is 0 Å². The third-order valence-corrected chi connectivity index (χ3v) is 4.17. The number of methoxy groups -OCH3 is 1. The molecule has 1 aliphatic carbocycles. The van der Waals surface area contributed by atoms with E-state index < -0.39 is 0 Å². The Morgan fingerprint density at radius 3 is 2.82 bits per heavy atom. The van der Waals surface area contributed by atoms with E-state index >= 15 is 0 Å². The second-order valence-electron chi connectivity index (χ2n) is 5.68. The highest BCUT2D eigenvalue weighted by Gasteiger charge is 2.32. The van der Waals surface area contributed by atoms with E-state index in [-0.39, 0.29) is 12.0 Å². The van der Waals surface area contributed by atoms with Crippen molar-refractivity contribution in [3.05, 3.63) is 29.3 Å². The summed E-state index contributed by atoms with van der Waals surface area (Å²) in [6.07, 6.45) is 3.26. The fraction of sp³-hybridized carbons (Fsp3) is 0.600. The summed E-state index contributed by atoms with van der Waals surface area (Å²) in [6, 6.07) is 6.29.